The molecule has 0 saturated heterocycles. The summed E-state index contributed by atoms with van der Waals surface area (Å²) in [5.74, 6) is 2.30. The highest BCUT2D eigenvalue weighted by atomic mass is 15.3. The molecule has 2 aromatic heterocycles. The summed E-state index contributed by atoms with van der Waals surface area (Å²) in [6.07, 6.45) is 5.38. The van der Waals surface area contributed by atoms with Crippen molar-refractivity contribution in [1.82, 2.24) is 19.7 Å². The van der Waals surface area contributed by atoms with Gasteiger partial charge in [-0.3, -0.25) is 4.68 Å². The Morgan fingerprint density at radius 2 is 2.16 bits per heavy atom. The van der Waals surface area contributed by atoms with Crippen LogP contribution in [0.4, 0.5) is 5.82 Å². The molecule has 0 amide bonds. The number of aryl methyl sites for hydroxylation is 2. The molecular weight excluding hydrogens is 238 g/mol. The van der Waals surface area contributed by atoms with Crippen LogP contribution < -0.4 is 5.32 Å². The van der Waals surface area contributed by atoms with Gasteiger partial charge < -0.3 is 5.32 Å². The second-order valence-electron chi connectivity index (χ2n) is 5.04. The molecule has 5 heteroatoms. The van der Waals surface area contributed by atoms with E-state index in [4.69, 9.17) is 4.98 Å². The molecule has 2 heterocycles. The quantitative estimate of drug-likeness (QED) is 0.913. The van der Waals surface area contributed by atoms with Gasteiger partial charge in [-0.2, -0.15) is 5.10 Å². The van der Waals surface area contributed by atoms with Crippen LogP contribution in [-0.2, 0) is 13.5 Å². The molecule has 0 aromatic carbocycles. The Kier molecular flexibility index (Phi) is 2.97. The van der Waals surface area contributed by atoms with E-state index in [-0.39, 0.29) is 0 Å². The summed E-state index contributed by atoms with van der Waals surface area (Å²) in [5.41, 5.74) is 3.25. The highest BCUT2D eigenvalue weighted by molar-refractivity contribution is 5.60. The van der Waals surface area contributed by atoms with Crippen molar-refractivity contribution in [3.63, 3.8) is 0 Å². The predicted molar refractivity (Wildman–Crippen MR) is 75.1 cm³/mol. The van der Waals surface area contributed by atoms with E-state index in [1.165, 1.54) is 12.8 Å². The first-order valence-electron chi connectivity index (χ1n) is 6.81. The highest BCUT2D eigenvalue weighted by Gasteiger charge is 2.26. The third-order valence-corrected chi connectivity index (χ3v) is 3.48. The molecule has 0 unspecified atom stereocenters. The molecule has 0 atom stereocenters. The molecule has 100 valence electrons. The van der Waals surface area contributed by atoms with Gasteiger partial charge in [0.15, 0.2) is 5.82 Å². The maximum absolute atomic E-state index is 4.73. The van der Waals surface area contributed by atoms with Crippen molar-refractivity contribution >= 4 is 5.82 Å². The van der Waals surface area contributed by atoms with Gasteiger partial charge in [0.25, 0.3) is 0 Å². The van der Waals surface area contributed by atoms with E-state index in [9.17, 15) is 0 Å². The van der Waals surface area contributed by atoms with Gasteiger partial charge in [0.05, 0.1) is 11.3 Å². The van der Waals surface area contributed by atoms with E-state index < -0.39 is 0 Å². The molecule has 1 N–H and O–H groups in total. The predicted octanol–water partition coefficient (Wildman–Crippen LogP) is 2.36. The van der Waals surface area contributed by atoms with Gasteiger partial charge in [-0.05, 0) is 19.3 Å². The van der Waals surface area contributed by atoms with Gasteiger partial charge in [0.2, 0.25) is 0 Å². The van der Waals surface area contributed by atoms with Crippen LogP contribution in [0.5, 0.6) is 0 Å². The molecule has 3 rings (SSSR count). The second-order valence-corrected chi connectivity index (χ2v) is 5.04. The topological polar surface area (TPSA) is 55.6 Å². The van der Waals surface area contributed by atoms with Crippen molar-refractivity contribution in [3.8, 4) is 11.4 Å². The molecule has 1 aliphatic carbocycles. The summed E-state index contributed by atoms with van der Waals surface area (Å²) >= 11 is 0. The number of hydrogen-bond donors (Lipinski definition) is 1. The van der Waals surface area contributed by atoms with Crippen LogP contribution in [0.3, 0.4) is 0 Å². The van der Waals surface area contributed by atoms with Crippen LogP contribution in [0.15, 0.2) is 12.3 Å². The van der Waals surface area contributed by atoms with Gasteiger partial charge >= 0.3 is 0 Å². The van der Waals surface area contributed by atoms with E-state index in [1.807, 2.05) is 25.0 Å². The minimum Gasteiger partial charge on any atom is -0.373 e. The monoisotopic (exact) mass is 257 g/mol. The van der Waals surface area contributed by atoms with E-state index >= 15 is 0 Å². The van der Waals surface area contributed by atoms with Crippen LogP contribution in [0.2, 0.25) is 0 Å². The van der Waals surface area contributed by atoms with Crippen LogP contribution in [0.25, 0.3) is 11.4 Å². The number of rotatable bonds is 4. The number of aromatic nitrogens is 4. The number of hydrogen-bond acceptors (Lipinski definition) is 4. The number of nitrogens with zero attached hydrogens (tertiary/aromatic N) is 4. The van der Waals surface area contributed by atoms with Gasteiger partial charge in [-0.25, -0.2) is 9.97 Å². The van der Waals surface area contributed by atoms with Crippen molar-refractivity contribution in [1.29, 1.82) is 0 Å². The molecular formula is C14H19N5. The molecule has 1 fully saturated rings. The molecule has 0 bridgehead atoms. The smallest absolute Gasteiger partial charge is 0.165 e. The van der Waals surface area contributed by atoms with Crippen molar-refractivity contribution in [3.05, 3.63) is 23.7 Å². The first-order chi connectivity index (χ1) is 9.21. The lowest BCUT2D eigenvalue weighted by atomic mass is 10.2. The van der Waals surface area contributed by atoms with Crippen molar-refractivity contribution < 1.29 is 0 Å². The Labute approximate surface area is 113 Å². The summed E-state index contributed by atoms with van der Waals surface area (Å²) < 4.78 is 1.83. The number of anilines is 1. The summed E-state index contributed by atoms with van der Waals surface area (Å²) in [6.45, 7) is 2.11. The van der Waals surface area contributed by atoms with Gasteiger partial charge in [-0.15, -0.1) is 0 Å². The van der Waals surface area contributed by atoms with Crippen LogP contribution in [-0.4, -0.2) is 26.8 Å². The van der Waals surface area contributed by atoms with E-state index in [1.54, 1.807) is 0 Å². The van der Waals surface area contributed by atoms with Gasteiger partial charge in [0.1, 0.15) is 5.82 Å². The van der Waals surface area contributed by atoms with Crippen molar-refractivity contribution in [2.24, 2.45) is 7.05 Å². The van der Waals surface area contributed by atoms with Crippen LogP contribution in [0.1, 0.15) is 37.1 Å². The Hall–Kier alpha value is -1.91. The normalized spacial score (nSPS) is 14.7. The summed E-state index contributed by atoms with van der Waals surface area (Å²) in [7, 11) is 3.83. The Bertz CT molecular complexity index is 598. The zero-order valence-electron chi connectivity index (χ0n) is 11.6. The highest BCUT2D eigenvalue weighted by Crippen LogP contribution is 2.40. The Balaban J connectivity index is 2.09. The molecule has 0 spiro atoms. The molecule has 19 heavy (non-hydrogen) atoms. The van der Waals surface area contributed by atoms with Crippen LogP contribution in [0, 0.1) is 0 Å². The molecule has 1 saturated carbocycles. The fourth-order valence-electron chi connectivity index (χ4n) is 2.29. The molecule has 2 aromatic rings. The third kappa shape index (κ3) is 2.32. The lowest BCUT2D eigenvalue weighted by Gasteiger charge is -2.06. The maximum Gasteiger partial charge on any atom is 0.165 e. The fraction of sp³-hybridized carbons (Fsp3) is 0.500. The molecule has 0 radical (unpaired) electrons. The zero-order chi connectivity index (χ0) is 13.4. The molecule has 0 aliphatic heterocycles. The van der Waals surface area contributed by atoms with Gasteiger partial charge in [0, 0.05) is 38.0 Å². The number of nitrogens with one attached hydrogen (secondary N) is 1. The summed E-state index contributed by atoms with van der Waals surface area (Å²) in [6, 6.07) is 2.06. The lowest BCUT2D eigenvalue weighted by Crippen LogP contribution is -2.01. The minimum atomic E-state index is 0.621. The molecule has 1 aliphatic rings. The van der Waals surface area contributed by atoms with Crippen molar-refractivity contribution in [2.45, 2.75) is 32.1 Å². The van der Waals surface area contributed by atoms with Crippen LogP contribution >= 0.6 is 0 Å². The lowest BCUT2D eigenvalue weighted by molar-refractivity contribution is 0.746. The zero-order valence-corrected chi connectivity index (χ0v) is 11.6. The minimum absolute atomic E-state index is 0.621. The van der Waals surface area contributed by atoms with E-state index in [0.29, 0.717) is 5.92 Å². The fourth-order valence-corrected chi connectivity index (χ4v) is 2.29. The summed E-state index contributed by atoms with van der Waals surface area (Å²) in [5, 5.41) is 7.59. The first-order valence-corrected chi connectivity index (χ1v) is 6.81. The van der Waals surface area contributed by atoms with Crippen molar-refractivity contribution in [2.75, 3.05) is 12.4 Å². The van der Waals surface area contributed by atoms with E-state index in [0.717, 1.165) is 35.0 Å². The third-order valence-electron chi connectivity index (χ3n) is 3.48. The molecule has 5 nitrogen and oxygen atoms in total. The standard InChI is InChI=1S/C14H19N5/c1-4-11-10(8-19(3)18-11)14-16-12(9-5-6-9)7-13(15-2)17-14/h7-9H,4-6H2,1-3H3,(H,15,16,17). The first kappa shape index (κ1) is 12.1. The largest absolute Gasteiger partial charge is 0.373 e. The maximum atomic E-state index is 4.73. The summed E-state index contributed by atoms with van der Waals surface area (Å²) in [4.78, 5) is 9.31. The van der Waals surface area contributed by atoms with Gasteiger partial charge in [-0.1, -0.05) is 6.92 Å². The Morgan fingerprint density at radius 3 is 2.79 bits per heavy atom. The average molecular weight is 257 g/mol. The van der Waals surface area contributed by atoms with E-state index in [2.05, 4.69) is 28.4 Å². The SMILES string of the molecule is CCc1nn(C)cc1-c1nc(NC)cc(C2CC2)n1. The second kappa shape index (κ2) is 4.64. The average Bonchev–Trinajstić information content (AvgIpc) is 3.21. The Morgan fingerprint density at radius 1 is 1.37 bits per heavy atom.